The van der Waals surface area contributed by atoms with Crippen LogP contribution in [0.3, 0.4) is 0 Å². The van der Waals surface area contributed by atoms with Crippen molar-refractivity contribution in [3.63, 3.8) is 0 Å². The van der Waals surface area contributed by atoms with Crippen molar-refractivity contribution in [2.75, 3.05) is 14.2 Å². The number of nitrogens with zero attached hydrogens (tertiary/aromatic N) is 1. The topological polar surface area (TPSA) is 101 Å². The van der Waals surface area contributed by atoms with Gasteiger partial charge in [-0.15, -0.1) is 0 Å². The number of aliphatic imine (C=N–C) groups is 1. The number of nitrogens with one attached hydrogen (secondary N) is 3. The number of halogens is 6. The Kier molecular flexibility index (Phi) is 5.97. The molecular formula is C11H17F6N4O4P. The summed E-state index contributed by atoms with van der Waals surface area (Å²) in [5.41, 5.74) is -4.87. The van der Waals surface area contributed by atoms with Crippen molar-refractivity contribution in [2.24, 2.45) is 4.99 Å². The standard InChI is InChI=1S/C11H17F6N4O4P/c1-5-8(2,26(23,24-3)25-4)19-6-18-7(22)21-9(20-6,10(12,13)14)11(15,16)17/h5H2,1-4H3,(H3,18,19,20,21,22)/t8-/m1/s1. The molecule has 1 rings (SSSR count). The Labute approximate surface area is 144 Å². The predicted molar refractivity (Wildman–Crippen MR) is 77.4 cm³/mol. The number of carbonyl (C=O) groups is 1. The Morgan fingerprint density at radius 3 is 1.96 bits per heavy atom. The molecule has 1 aliphatic heterocycles. The van der Waals surface area contributed by atoms with E-state index in [1.165, 1.54) is 13.8 Å². The molecule has 0 fully saturated rings. The fourth-order valence-electron chi connectivity index (χ4n) is 2.10. The highest BCUT2D eigenvalue weighted by molar-refractivity contribution is 7.55. The van der Waals surface area contributed by atoms with E-state index in [4.69, 9.17) is 9.05 Å². The molecule has 0 bridgehead atoms. The lowest BCUT2D eigenvalue weighted by molar-refractivity contribution is -0.301. The molecule has 1 heterocycles. The van der Waals surface area contributed by atoms with Gasteiger partial charge in [0.25, 0.3) is 0 Å². The van der Waals surface area contributed by atoms with Crippen molar-refractivity contribution < 1.29 is 44.7 Å². The van der Waals surface area contributed by atoms with Crippen LogP contribution >= 0.6 is 7.60 Å². The molecule has 0 saturated carbocycles. The largest absolute Gasteiger partial charge is 0.441 e. The lowest BCUT2D eigenvalue weighted by Gasteiger charge is -2.40. The molecule has 0 saturated heterocycles. The van der Waals surface area contributed by atoms with E-state index in [1.54, 1.807) is 5.32 Å². The summed E-state index contributed by atoms with van der Waals surface area (Å²) < 4.78 is 101. The fraction of sp³-hybridized carbons (Fsp3) is 0.818. The molecule has 26 heavy (non-hydrogen) atoms. The number of guanidine groups is 1. The Morgan fingerprint density at radius 2 is 1.62 bits per heavy atom. The van der Waals surface area contributed by atoms with E-state index in [2.05, 4.69) is 10.3 Å². The van der Waals surface area contributed by atoms with Gasteiger partial charge in [0.05, 0.1) is 0 Å². The van der Waals surface area contributed by atoms with Crippen molar-refractivity contribution in [3.8, 4) is 0 Å². The lowest BCUT2D eigenvalue weighted by atomic mass is 10.1. The second kappa shape index (κ2) is 6.89. The first kappa shape index (κ1) is 22.5. The molecular weight excluding hydrogens is 397 g/mol. The van der Waals surface area contributed by atoms with Gasteiger partial charge < -0.3 is 14.4 Å². The third kappa shape index (κ3) is 3.62. The molecule has 15 heteroatoms. The molecule has 3 N–H and O–H groups in total. The molecule has 152 valence electrons. The van der Waals surface area contributed by atoms with E-state index >= 15 is 0 Å². The summed E-state index contributed by atoms with van der Waals surface area (Å²) in [7, 11) is -2.07. The van der Waals surface area contributed by atoms with E-state index in [-0.39, 0.29) is 6.42 Å². The van der Waals surface area contributed by atoms with Crippen LogP contribution in [0.1, 0.15) is 20.3 Å². The minimum Gasteiger partial charge on any atom is -0.340 e. The van der Waals surface area contributed by atoms with Gasteiger partial charge in [0, 0.05) is 14.2 Å². The maximum atomic E-state index is 13.1. The fourth-order valence-corrected chi connectivity index (χ4v) is 3.68. The van der Waals surface area contributed by atoms with Crippen LogP contribution < -0.4 is 16.0 Å². The highest BCUT2D eigenvalue weighted by atomic mass is 31.2. The van der Waals surface area contributed by atoms with Gasteiger partial charge >= 0.3 is 31.6 Å². The molecule has 0 spiro atoms. The first-order chi connectivity index (χ1) is 11.6. The van der Waals surface area contributed by atoms with Gasteiger partial charge in [0.2, 0.25) is 5.96 Å². The molecule has 1 atom stereocenters. The molecule has 2 amide bonds. The predicted octanol–water partition coefficient (Wildman–Crippen LogP) is 2.68. The smallest absolute Gasteiger partial charge is 0.340 e. The first-order valence-corrected chi connectivity index (χ1v) is 8.48. The molecule has 8 nitrogen and oxygen atoms in total. The highest BCUT2D eigenvalue weighted by Crippen LogP contribution is 2.59. The molecule has 0 aromatic rings. The van der Waals surface area contributed by atoms with Crippen molar-refractivity contribution in [2.45, 2.75) is 43.6 Å². The number of amides is 2. The number of hydrogen-bond acceptors (Lipinski definition) is 6. The van der Waals surface area contributed by atoms with Crippen LogP contribution in [0.15, 0.2) is 4.99 Å². The molecule has 0 aromatic carbocycles. The SMILES string of the molecule is CC[C@](C)(NC1=NC(C(F)(F)F)(C(F)(F)F)NC(=O)N1)P(=O)(OC)OC. The Morgan fingerprint density at radius 1 is 1.15 bits per heavy atom. The van der Waals surface area contributed by atoms with Gasteiger partial charge in [0.1, 0.15) is 5.28 Å². The second-order valence-corrected chi connectivity index (χ2v) is 8.07. The van der Waals surface area contributed by atoms with Gasteiger partial charge in [-0.1, -0.05) is 6.92 Å². The second-order valence-electron chi connectivity index (χ2n) is 5.36. The summed E-state index contributed by atoms with van der Waals surface area (Å²) in [6.07, 6.45) is -12.1. The average molecular weight is 414 g/mol. The number of urea groups is 1. The normalized spacial score (nSPS) is 20.5. The third-order valence-electron chi connectivity index (χ3n) is 3.79. The van der Waals surface area contributed by atoms with Crippen LogP contribution in [-0.2, 0) is 13.6 Å². The number of rotatable bonds is 5. The maximum absolute atomic E-state index is 13.1. The summed E-state index contributed by atoms with van der Waals surface area (Å²) in [6.45, 7) is 2.59. The Hall–Kier alpha value is -1.53. The third-order valence-corrected chi connectivity index (χ3v) is 6.39. The summed E-state index contributed by atoms with van der Waals surface area (Å²) in [4.78, 5) is 14.1. The van der Waals surface area contributed by atoms with Crippen LogP contribution in [0.2, 0.25) is 0 Å². The Bertz CT molecular complexity index is 615. The maximum Gasteiger partial charge on any atom is 0.441 e. The molecule has 0 aliphatic carbocycles. The van der Waals surface area contributed by atoms with Crippen LogP contribution in [0.25, 0.3) is 0 Å². The zero-order valence-electron chi connectivity index (χ0n) is 14.0. The molecule has 0 aromatic heterocycles. The van der Waals surface area contributed by atoms with Crippen molar-refractivity contribution in [1.82, 2.24) is 16.0 Å². The highest BCUT2D eigenvalue weighted by Gasteiger charge is 2.74. The summed E-state index contributed by atoms with van der Waals surface area (Å²) in [6, 6.07) is -1.81. The van der Waals surface area contributed by atoms with Gasteiger partial charge in [0.15, 0.2) is 0 Å². The number of alkyl halides is 6. The van der Waals surface area contributed by atoms with Gasteiger partial charge in [-0.25, -0.2) is 9.79 Å². The van der Waals surface area contributed by atoms with Gasteiger partial charge in [-0.05, 0) is 13.3 Å². The van der Waals surface area contributed by atoms with E-state index in [0.29, 0.717) is 0 Å². The zero-order chi connectivity index (χ0) is 20.6. The van der Waals surface area contributed by atoms with E-state index < -0.39 is 42.9 Å². The van der Waals surface area contributed by atoms with Gasteiger partial charge in [-0.3, -0.25) is 15.2 Å². The average Bonchev–Trinajstić information content (AvgIpc) is 2.51. The molecule has 0 radical (unpaired) electrons. The number of hydrogen-bond donors (Lipinski definition) is 3. The molecule has 0 unspecified atom stereocenters. The first-order valence-electron chi connectivity index (χ1n) is 6.93. The van der Waals surface area contributed by atoms with Crippen LogP contribution in [0.5, 0.6) is 0 Å². The van der Waals surface area contributed by atoms with Crippen molar-refractivity contribution in [3.05, 3.63) is 0 Å². The van der Waals surface area contributed by atoms with Crippen LogP contribution in [0.4, 0.5) is 31.1 Å². The van der Waals surface area contributed by atoms with Crippen LogP contribution in [-0.4, -0.2) is 49.5 Å². The minimum absolute atomic E-state index is 0.126. The quantitative estimate of drug-likeness (QED) is 0.475. The zero-order valence-corrected chi connectivity index (χ0v) is 14.9. The lowest BCUT2D eigenvalue weighted by Crippen LogP contribution is -2.73. The van der Waals surface area contributed by atoms with E-state index in [1.807, 2.05) is 0 Å². The summed E-state index contributed by atoms with van der Waals surface area (Å²) in [5.74, 6) is -1.19. The summed E-state index contributed by atoms with van der Waals surface area (Å²) >= 11 is 0. The van der Waals surface area contributed by atoms with E-state index in [0.717, 1.165) is 19.5 Å². The van der Waals surface area contributed by atoms with Crippen molar-refractivity contribution >= 4 is 19.6 Å². The van der Waals surface area contributed by atoms with Crippen LogP contribution in [0, 0.1) is 0 Å². The van der Waals surface area contributed by atoms with Gasteiger partial charge in [-0.2, -0.15) is 26.3 Å². The molecule has 1 aliphatic rings. The van der Waals surface area contributed by atoms with E-state index in [9.17, 15) is 35.7 Å². The summed E-state index contributed by atoms with van der Waals surface area (Å²) in [5, 5.41) is 2.76. The number of carbonyl (C=O) groups excluding carboxylic acids is 1. The minimum atomic E-state index is -6.00. The monoisotopic (exact) mass is 414 g/mol. The van der Waals surface area contributed by atoms with Crippen molar-refractivity contribution in [1.29, 1.82) is 0 Å². The Balaban J connectivity index is 3.50.